The molecule has 3 unspecified atom stereocenters. The number of aliphatic hydroxyl groups is 1. The van der Waals surface area contributed by atoms with E-state index in [0.29, 0.717) is 4.57 Å². The fourth-order valence-electron chi connectivity index (χ4n) is 2.97. The molecule has 2 rings (SSSR count). The summed E-state index contributed by atoms with van der Waals surface area (Å²) in [6.45, 7) is 0.0146. The Labute approximate surface area is 186 Å². The Kier molecular flexibility index (Phi) is 8.18. The number of aromatic nitrogens is 2. The van der Waals surface area contributed by atoms with Crippen LogP contribution >= 0.6 is 31.4 Å². The molecule has 15 nitrogen and oxygen atoms in total. The van der Waals surface area contributed by atoms with Crippen LogP contribution in [0, 0.1) is 0 Å². The third kappa shape index (κ3) is 6.74. The van der Waals surface area contributed by atoms with E-state index in [4.69, 9.17) is 24.8 Å². The Balaban J connectivity index is 2.34. The number of aliphatic hydroxyl groups excluding tert-OH is 1. The average molecular weight is 561 g/mol. The van der Waals surface area contributed by atoms with Gasteiger partial charge in [0, 0.05) is 6.20 Å². The monoisotopic (exact) mass is 561 g/mol. The minimum atomic E-state index is -5.63. The first-order chi connectivity index (χ1) is 14.7. The van der Waals surface area contributed by atoms with Crippen LogP contribution in [0.1, 0.15) is 20.1 Å². The Morgan fingerprint density at radius 3 is 2.36 bits per heavy atom. The second kappa shape index (κ2) is 9.44. The maximum absolute atomic E-state index is 15.4. The first-order valence-corrected chi connectivity index (χ1v) is 14.5. The summed E-state index contributed by atoms with van der Waals surface area (Å²) in [6.07, 6.45) is -5.57. The molecule has 2 heterocycles. The number of hydrogen-bond donors (Lipinski definition) is 6. The summed E-state index contributed by atoms with van der Waals surface area (Å²) in [7, 11) is -13.7. The van der Waals surface area contributed by atoms with Crippen molar-refractivity contribution in [2.45, 2.75) is 43.6 Å². The van der Waals surface area contributed by atoms with E-state index in [-0.39, 0.29) is 5.82 Å². The number of hydrogen-bond acceptors (Lipinski definition) is 10. The second-order valence-electron chi connectivity index (χ2n) is 7.30. The summed E-state index contributed by atoms with van der Waals surface area (Å²) >= 11 is 0. The van der Waals surface area contributed by atoms with Crippen LogP contribution < -0.4 is 11.4 Å². The molecule has 33 heavy (non-hydrogen) atoms. The average Bonchev–Trinajstić information content (AvgIpc) is 2.83. The highest BCUT2D eigenvalue weighted by atomic mass is 31.8. The summed E-state index contributed by atoms with van der Waals surface area (Å²) in [5, 5.41) is 10.4. The van der Waals surface area contributed by atoms with Gasteiger partial charge in [-0.15, -0.1) is 0 Å². The molecule has 0 saturated carbocycles. The molecule has 1 aromatic heterocycles. The van der Waals surface area contributed by atoms with Gasteiger partial charge in [0.2, 0.25) is 5.67 Å². The normalized spacial score (nSPS) is 30.0. The second-order valence-corrected chi connectivity index (χ2v) is 13.5. The number of anilines is 1. The third-order valence-electron chi connectivity index (χ3n) is 4.23. The molecule has 0 aromatic carbocycles. The van der Waals surface area contributed by atoms with Crippen molar-refractivity contribution in [2.75, 3.05) is 12.4 Å². The number of nitrogens with zero attached hydrogens (tertiary/aromatic N) is 2. The van der Waals surface area contributed by atoms with Crippen molar-refractivity contribution in [2.24, 2.45) is 0 Å². The van der Waals surface area contributed by atoms with Crippen molar-refractivity contribution < 1.29 is 60.5 Å². The van der Waals surface area contributed by atoms with E-state index in [1.54, 1.807) is 0 Å². The van der Waals surface area contributed by atoms with Gasteiger partial charge in [-0.2, -0.15) is 9.29 Å². The van der Waals surface area contributed by atoms with Gasteiger partial charge >= 0.3 is 21.3 Å². The summed E-state index contributed by atoms with van der Waals surface area (Å²) in [5.41, 5.74) is -1.34. The first kappa shape index (κ1) is 28.6. The molecule has 1 aliphatic heterocycles. The van der Waals surface area contributed by atoms with E-state index in [1.807, 2.05) is 0 Å². The van der Waals surface area contributed by atoms with Gasteiger partial charge in [-0.25, -0.2) is 27.0 Å². The van der Waals surface area contributed by atoms with Crippen LogP contribution in [0.25, 0.3) is 0 Å². The zero-order chi connectivity index (χ0) is 25.6. The number of nitrogens with two attached hydrogens (primary N) is 1. The highest BCUT2D eigenvalue weighted by Crippen LogP contribution is 2.68. The fraction of sp³-hybridized carbons (Fsp3) is 0.667. The lowest BCUT2D eigenvalue weighted by Gasteiger charge is -2.34. The Hall–Kier alpha value is -0.630. The maximum Gasteiger partial charge on any atom is 0.488 e. The molecule has 1 saturated heterocycles. The van der Waals surface area contributed by atoms with Crippen molar-refractivity contribution in [1.82, 2.24) is 9.55 Å². The fourth-order valence-corrected chi connectivity index (χ4v) is 7.31. The summed E-state index contributed by atoms with van der Waals surface area (Å²) in [4.78, 5) is 52.7. The molecular formula is C12H21F2N3O12P4. The lowest BCUT2D eigenvalue weighted by atomic mass is 9.89. The summed E-state index contributed by atoms with van der Waals surface area (Å²) in [6, 6.07) is 1.06. The van der Waals surface area contributed by atoms with E-state index < -0.39 is 64.9 Å². The molecule has 1 aliphatic rings. The van der Waals surface area contributed by atoms with Crippen molar-refractivity contribution in [3.8, 4) is 0 Å². The molecular weight excluding hydrogens is 540 g/mol. The molecule has 190 valence electrons. The molecule has 0 amide bonds. The molecule has 0 radical (unpaired) electrons. The van der Waals surface area contributed by atoms with Crippen LogP contribution in [0.4, 0.5) is 14.6 Å². The van der Waals surface area contributed by atoms with E-state index in [0.717, 1.165) is 26.1 Å². The number of nitrogen functional groups attached to an aromatic ring is 1. The van der Waals surface area contributed by atoms with E-state index in [1.165, 1.54) is 0 Å². The Morgan fingerprint density at radius 1 is 1.30 bits per heavy atom. The SMILES string of the molecule is CC(C)(OP(=O)(O)OP(=O)(O)OP(O)(O)=P)[C@H]1O[C@@H](n2ccc(N)nc2=O)C(F)(CF)[C@H]1O. The van der Waals surface area contributed by atoms with Crippen LogP contribution in [0.5, 0.6) is 0 Å². The zero-order valence-corrected chi connectivity index (χ0v) is 20.4. The summed E-state index contributed by atoms with van der Waals surface area (Å²) < 4.78 is 71.2. The van der Waals surface area contributed by atoms with Crippen LogP contribution in [0.3, 0.4) is 0 Å². The van der Waals surface area contributed by atoms with Crippen LogP contribution in [0.15, 0.2) is 17.1 Å². The van der Waals surface area contributed by atoms with Crippen molar-refractivity contribution >= 4 is 37.2 Å². The standard InChI is InChI=1S/C12H21F2N3O12P4/c1-11(2,27-31(20,21)28-32(22,23)29-33(24,25)30)8-7(18)12(14,5-13)9(26-8)17-4-3-6(15)16-10(17)19/h3-4,7-9,18,24-25,30H,5H2,1-2H3,(H,20,21)(H,22,23)(H2,15,16,19)/t7-,8-,9+,12?/m0/s1. The minimum Gasteiger partial charge on any atom is -0.387 e. The molecule has 0 spiro atoms. The molecule has 7 N–H and O–H groups in total. The van der Waals surface area contributed by atoms with Crippen LogP contribution in [-0.2, 0) is 27.0 Å². The maximum atomic E-state index is 15.4. The van der Waals surface area contributed by atoms with Gasteiger partial charge < -0.3 is 35.2 Å². The minimum absolute atomic E-state index is 0.241. The topological polar surface area (TPSA) is 233 Å². The lowest BCUT2D eigenvalue weighted by Crippen LogP contribution is -2.51. The van der Waals surface area contributed by atoms with Gasteiger partial charge in [0.1, 0.15) is 30.3 Å². The number of rotatable bonds is 9. The van der Waals surface area contributed by atoms with Crippen LogP contribution in [-0.4, -0.2) is 64.4 Å². The molecule has 1 aromatic rings. The van der Waals surface area contributed by atoms with E-state index in [2.05, 4.69) is 22.1 Å². The lowest BCUT2D eigenvalue weighted by molar-refractivity contribution is -0.120. The largest absolute Gasteiger partial charge is 0.488 e. The quantitative estimate of drug-likeness (QED) is 0.227. The van der Waals surface area contributed by atoms with Crippen molar-refractivity contribution in [3.05, 3.63) is 22.7 Å². The predicted octanol–water partition coefficient (Wildman–Crippen LogP) is 0.596. The number of phosphoric ester groups is 1. The molecule has 0 aliphatic carbocycles. The van der Waals surface area contributed by atoms with Gasteiger partial charge in [0.15, 0.2) is 6.23 Å². The van der Waals surface area contributed by atoms with Crippen molar-refractivity contribution in [1.29, 1.82) is 0 Å². The van der Waals surface area contributed by atoms with E-state index in [9.17, 15) is 33.2 Å². The molecule has 21 heteroatoms. The molecule has 1 fully saturated rings. The third-order valence-corrected chi connectivity index (χ3v) is 9.06. The van der Waals surface area contributed by atoms with Gasteiger partial charge in [0.25, 0.3) is 7.23 Å². The van der Waals surface area contributed by atoms with Gasteiger partial charge in [-0.1, -0.05) is 0 Å². The molecule has 6 atom stereocenters. The van der Waals surface area contributed by atoms with Crippen molar-refractivity contribution in [3.63, 3.8) is 0 Å². The van der Waals surface area contributed by atoms with Gasteiger partial charge in [-0.3, -0.25) is 9.09 Å². The van der Waals surface area contributed by atoms with Gasteiger partial charge in [0.05, 0.1) is 0 Å². The van der Waals surface area contributed by atoms with Crippen LogP contribution in [0.2, 0.25) is 0 Å². The number of ether oxygens (including phenoxy) is 1. The Bertz CT molecular complexity index is 1100. The smallest absolute Gasteiger partial charge is 0.387 e. The van der Waals surface area contributed by atoms with Gasteiger partial charge in [-0.05, 0) is 28.4 Å². The number of alkyl halides is 2. The summed E-state index contributed by atoms with van der Waals surface area (Å²) in [5.74, 6) is -0.241. The highest BCUT2D eigenvalue weighted by Gasteiger charge is 2.63. The number of halogens is 2. The molecule has 0 bridgehead atoms. The highest BCUT2D eigenvalue weighted by molar-refractivity contribution is 7.91. The Morgan fingerprint density at radius 2 is 1.88 bits per heavy atom. The zero-order valence-electron chi connectivity index (χ0n) is 16.8. The first-order valence-electron chi connectivity index (χ1n) is 8.55. The predicted molar refractivity (Wildman–Crippen MR) is 109 cm³/mol. The van der Waals surface area contributed by atoms with E-state index >= 15 is 4.39 Å². The number of phosphoric acid groups is 2.